The molecule has 1 aromatic rings. The van der Waals surface area contributed by atoms with Crippen LogP contribution in [0.3, 0.4) is 0 Å². The minimum atomic E-state index is -0.103. The van der Waals surface area contributed by atoms with Crippen molar-refractivity contribution in [2.24, 2.45) is 0 Å². The molecule has 1 aromatic carbocycles. The Hall–Kier alpha value is -2.49. The van der Waals surface area contributed by atoms with Crippen LogP contribution >= 0.6 is 0 Å². The second-order valence-corrected chi connectivity index (χ2v) is 6.12. The molecule has 0 radical (unpaired) electrons. The summed E-state index contributed by atoms with van der Waals surface area (Å²) in [6, 6.07) is 3.63. The molecule has 4 nitrogen and oxygen atoms in total. The van der Waals surface area contributed by atoms with Crippen molar-refractivity contribution in [3.05, 3.63) is 47.1 Å². The number of amides is 1. The van der Waals surface area contributed by atoms with Crippen molar-refractivity contribution >= 4 is 17.2 Å². The molecule has 1 heterocycles. The van der Waals surface area contributed by atoms with Crippen LogP contribution in [-0.2, 0) is 4.79 Å². The maximum absolute atomic E-state index is 12.2. The average Bonchev–Trinajstić information content (AvgIpc) is 2.85. The molecular weight excluding hydrogens is 302 g/mol. The van der Waals surface area contributed by atoms with E-state index >= 15 is 0 Å². The third-order valence-corrected chi connectivity index (χ3v) is 3.93. The van der Waals surface area contributed by atoms with Crippen LogP contribution in [0.15, 0.2) is 41.5 Å². The van der Waals surface area contributed by atoms with Crippen LogP contribution in [0.1, 0.15) is 39.2 Å². The Balaban J connectivity index is 2.26. The smallest absolute Gasteiger partial charge is 0.256 e. The summed E-state index contributed by atoms with van der Waals surface area (Å²) in [4.78, 5) is 12.2. The number of hydrogen-bond acceptors (Lipinski definition) is 3. The monoisotopic (exact) mass is 327 g/mol. The predicted octanol–water partition coefficient (Wildman–Crippen LogP) is 4.73. The van der Waals surface area contributed by atoms with Gasteiger partial charge in [0, 0.05) is 17.2 Å². The molecule has 1 aliphatic rings. The molecule has 0 fully saturated rings. The molecule has 2 rings (SSSR count). The zero-order chi connectivity index (χ0) is 17.7. The minimum absolute atomic E-state index is 0.103. The van der Waals surface area contributed by atoms with E-state index in [1.54, 1.807) is 20.3 Å². The molecule has 0 atom stereocenters. The molecule has 0 spiro atoms. The van der Waals surface area contributed by atoms with E-state index < -0.39 is 0 Å². The summed E-state index contributed by atoms with van der Waals surface area (Å²) in [6.07, 6.45) is 8.11. The topological polar surface area (TPSA) is 47.6 Å². The Morgan fingerprint density at radius 3 is 2.42 bits per heavy atom. The number of methoxy groups -OCH3 is 2. The van der Waals surface area contributed by atoms with Gasteiger partial charge < -0.3 is 14.8 Å². The van der Waals surface area contributed by atoms with E-state index in [1.165, 1.54) is 11.1 Å². The second-order valence-electron chi connectivity index (χ2n) is 6.12. The Morgan fingerprint density at radius 1 is 1.12 bits per heavy atom. The van der Waals surface area contributed by atoms with Crippen molar-refractivity contribution < 1.29 is 14.3 Å². The molecule has 1 N–H and O–H groups in total. The number of ether oxygens (including phenoxy) is 2. The number of anilines is 1. The minimum Gasteiger partial charge on any atom is -0.493 e. The number of fused-ring (bicyclic) bond motifs is 1. The maximum atomic E-state index is 12.2. The van der Waals surface area contributed by atoms with Crippen LogP contribution in [0, 0.1) is 0 Å². The van der Waals surface area contributed by atoms with Gasteiger partial charge in [0.2, 0.25) is 0 Å². The number of allylic oxidation sites excluding steroid dienone is 5. The van der Waals surface area contributed by atoms with Crippen molar-refractivity contribution in [1.82, 2.24) is 0 Å². The zero-order valence-electron chi connectivity index (χ0n) is 15.0. The maximum Gasteiger partial charge on any atom is 0.256 e. The first kappa shape index (κ1) is 17.9. The standard InChI is InChI=1S/C20H25NO3/c1-13(2)7-6-8-14(3)9-10-15-16-11-18(23-4)19(24-5)12-17(16)21-20(15)22/h7,9-12H,6,8H2,1-5H3,(H,21,22)/b14-9?,15-10-. The lowest BCUT2D eigenvalue weighted by molar-refractivity contribution is -0.110. The number of hydrogen-bond donors (Lipinski definition) is 1. The summed E-state index contributed by atoms with van der Waals surface area (Å²) in [7, 11) is 3.17. The van der Waals surface area contributed by atoms with Gasteiger partial charge in [-0.05, 0) is 45.8 Å². The van der Waals surface area contributed by atoms with E-state index in [1.807, 2.05) is 18.2 Å². The van der Waals surface area contributed by atoms with Crippen LogP contribution in [0.25, 0.3) is 5.57 Å². The van der Waals surface area contributed by atoms with E-state index in [-0.39, 0.29) is 5.91 Å². The number of rotatable bonds is 6. The van der Waals surface area contributed by atoms with Gasteiger partial charge >= 0.3 is 0 Å². The molecule has 0 bridgehead atoms. The number of carbonyl (C=O) groups excluding carboxylic acids is 1. The molecule has 1 aliphatic heterocycles. The Kier molecular flexibility index (Phi) is 5.85. The summed E-state index contributed by atoms with van der Waals surface area (Å²) < 4.78 is 10.6. The SMILES string of the molecule is COc1cc2c(cc1OC)/C(=C/C=C(C)CCC=C(C)C)C(=O)N2. The first-order valence-electron chi connectivity index (χ1n) is 8.04. The summed E-state index contributed by atoms with van der Waals surface area (Å²) in [5.74, 6) is 1.11. The Morgan fingerprint density at radius 2 is 1.79 bits per heavy atom. The predicted molar refractivity (Wildman–Crippen MR) is 98.6 cm³/mol. The van der Waals surface area contributed by atoms with Crippen LogP contribution in [0.2, 0.25) is 0 Å². The number of nitrogens with one attached hydrogen (secondary N) is 1. The molecule has 0 aromatic heterocycles. The van der Waals surface area contributed by atoms with Gasteiger partial charge in [-0.15, -0.1) is 0 Å². The highest BCUT2D eigenvalue weighted by atomic mass is 16.5. The van der Waals surface area contributed by atoms with Gasteiger partial charge in [-0.2, -0.15) is 0 Å². The zero-order valence-corrected chi connectivity index (χ0v) is 15.0. The molecular formula is C20H25NO3. The molecule has 0 unspecified atom stereocenters. The molecule has 24 heavy (non-hydrogen) atoms. The Labute approximate surface area is 143 Å². The van der Waals surface area contributed by atoms with Gasteiger partial charge in [-0.3, -0.25) is 4.79 Å². The third kappa shape index (κ3) is 4.07. The van der Waals surface area contributed by atoms with Gasteiger partial charge in [-0.25, -0.2) is 0 Å². The van der Waals surface area contributed by atoms with Gasteiger partial charge in [0.25, 0.3) is 5.91 Å². The summed E-state index contributed by atoms with van der Waals surface area (Å²) in [6.45, 7) is 6.28. The summed E-state index contributed by atoms with van der Waals surface area (Å²) in [5, 5.41) is 2.87. The van der Waals surface area contributed by atoms with Crippen molar-refractivity contribution in [3.63, 3.8) is 0 Å². The first-order chi connectivity index (χ1) is 11.5. The Bertz CT molecular complexity index is 723. The van der Waals surface area contributed by atoms with Gasteiger partial charge in [0.05, 0.1) is 19.9 Å². The highest BCUT2D eigenvalue weighted by molar-refractivity contribution is 6.32. The normalized spacial score (nSPS) is 15.1. The second kappa shape index (κ2) is 7.86. The fourth-order valence-corrected chi connectivity index (χ4v) is 2.58. The van der Waals surface area contributed by atoms with Crippen LogP contribution in [0.5, 0.6) is 11.5 Å². The van der Waals surface area contributed by atoms with E-state index in [9.17, 15) is 4.79 Å². The van der Waals surface area contributed by atoms with E-state index in [4.69, 9.17) is 9.47 Å². The average molecular weight is 327 g/mol. The fourth-order valence-electron chi connectivity index (χ4n) is 2.58. The lowest BCUT2D eigenvalue weighted by atomic mass is 10.0. The van der Waals surface area contributed by atoms with Gasteiger partial charge in [0.1, 0.15) is 0 Å². The van der Waals surface area contributed by atoms with E-state index in [0.717, 1.165) is 24.1 Å². The quantitative estimate of drug-likeness (QED) is 0.607. The largest absolute Gasteiger partial charge is 0.493 e. The van der Waals surface area contributed by atoms with Crippen molar-refractivity contribution in [1.29, 1.82) is 0 Å². The summed E-state index contributed by atoms with van der Waals surface area (Å²) >= 11 is 0. The van der Waals surface area contributed by atoms with E-state index in [0.29, 0.717) is 17.1 Å². The third-order valence-electron chi connectivity index (χ3n) is 3.93. The fraction of sp³-hybridized carbons (Fsp3) is 0.350. The summed E-state index contributed by atoms with van der Waals surface area (Å²) in [5.41, 5.74) is 4.80. The number of benzene rings is 1. The van der Waals surface area contributed by atoms with Crippen molar-refractivity contribution in [2.45, 2.75) is 33.6 Å². The van der Waals surface area contributed by atoms with Crippen LogP contribution in [0.4, 0.5) is 5.69 Å². The molecule has 0 saturated heterocycles. The number of carbonyl (C=O) groups is 1. The highest BCUT2D eigenvalue weighted by Crippen LogP contribution is 2.40. The molecule has 0 saturated carbocycles. The molecule has 0 aliphatic carbocycles. The highest BCUT2D eigenvalue weighted by Gasteiger charge is 2.26. The van der Waals surface area contributed by atoms with Crippen LogP contribution in [-0.4, -0.2) is 20.1 Å². The van der Waals surface area contributed by atoms with Crippen LogP contribution < -0.4 is 14.8 Å². The van der Waals surface area contributed by atoms with Crippen molar-refractivity contribution in [3.8, 4) is 11.5 Å². The molecule has 4 heteroatoms. The lowest BCUT2D eigenvalue weighted by Gasteiger charge is -2.09. The lowest BCUT2D eigenvalue weighted by Crippen LogP contribution is -2.03. The first-order valence-corrected chi connectivity index (χ1v) is 8.04. The van der Waals surface area contributed by atoms with Gasteiger partial charge in [-0.1, -0.05) is 23.3 Å². The molecule has 128 valence electrons. The van der Waals surface area contributed by atoms with Crippen molar-refractivity contribution in [2.75, 3.05) is 19.5 Å². The van der Waals surface area contributed by atoms with Gasteiger partial charge in [0.15, 0.2) is 11.5 Å². The van der Waals surface area contributed by atoms with E-state index in [2.05, 4.69) is 32.2 Å². The molecule has 1 amide bonds.